The van der Waals surface area contributed by atoms with Crippen LogP contribution in [0.3, 0.4) is 0 Å². The Labute approximate surface area is 120 Å². The highest BCUT2D eigenvalue weighted by Crippen LogP contribution is 2.25. The van der Waals surface area contributed by atoms with Crippen molar-refractivity contribution < 1.29 is 4.39 Å². The van der Waals surface area contributed by atoms with E-state index in [2.05, 4.69) is 15.5 Å². The molecule has 0 saturated heterocycles. The van der Waals surface area contributed by atoms with Crippen molar-refractivity contribution in [2.24, 2.45) is 0 Å². The Balaban J connectivity index is 1.88. The Morgan fingerprint density at radius 1 is 0.950 bits per heavy atom. The van der Waals surface area contributed by atoms with Crippen LogP contribution in [0, 0.1) is 5.82 Å². The van der Waals surface area contributed by atoms with Crippen LogP contribution in [0.15, 0.2) is 48.5 Å². The zero-order chi connectivity index (χ0) is 13.9. The topological polar surface area (TPSA) is 37.8 Å². The summed E-state index contributed by atoms with van der Waals surface area (Å²) in [6.07, 6.45) is 0. The van der Waals surface area contributed by atoms with Gasteiger partial charge in [0.2, 0.25) is 0 Å². The van der Waals surface area contributed by atoms with Crippen LogP contribution in [0.4, 0.5) is 10.2 Å². The van der Waals surface area contributed by atoms with Crippen molar-refractivity contribution in [3.05, 3.63) is 65.1 Å². The van der Waals surface area contributed by atoms with Gasteiger partial charge in [0.25, 0.3) is 0 Å². The lowest BCUT2D eigenvalue weighted by atomic mass is 10.2. The van der Waals surface area contributed by atoms with Crippen LogP contribution in [0.1, 0.15) is 5.56 Å². The van der Waals surface area contributed by atoms with Gasteiger partial charge in [0.05, 0.1) is 0 Å². The van der Waals surface area contributed by atoms with Crippen LogP contribution < -0.4 is 5.32 Å². The van der Waals surface area contributed by atoms with Gasteiger partial charge in [-0.2, -0.15) is 0 Å². The van der Waals surface area contributed by atoms with Crippen molar-refractivity contribution in [1.82, 2.24) is 10.2 Å². The molecule has 0 radical (unpaired) electrons. The van der Waals surface area contributed by atoms with E-state index in [1.165, 1.54) is 12.1 Å². The van der Waals surface area contributed by atoms with Gasteiger partial charge >= 0.3 is 0 Å². The van der Waals surface area contributed by atoms with Crippen molar-refractivity contribution in [2.45, 2.75) is 6.54 Å². The molecule has 3 aromatic rings. The van der Waals surface area contributed by atoms with Crippen molar-refractivity contribution in [3.63, 3.8) is 0 Å². The Morgan fingerprint density at radius 3 is 2.40 bits per heavy atom. The summed E-state index contributed by atoms with van der Waals surface area (Å²) in [5.74, 6) is 0.416. The van der Waals surface area contributed by atoms with Crippen LogP contribution >= 0.6 is 11.6 Å². The third-order valence-corrected chi connectivity index (χ3v) is 3.29. The molecule has 1 aromatic heterocycles. The number of anilines is 1. The van der Waals surface area contributed by atoms with Gasteiger partial charge in [0, 0.05) is 17.3 Å². The van der Waals surface area contributed by atoms with Gasteiger partial charge in [-0.1, -0.05) is 48.0 Å². The molecule has 0 aliphatic rings. The summed E-state index contributed by atoms with van der Waals surface area (Å²) in [5.41, 5.74) is 0.965. The standard InChI is InChI=1S/C15H11ClFN3/c16-14-12-3-1-2-4-13(12)15(20-19-14)18-9-10-5-7-11(17)8-6-10/h1-8H,9H2,(H,18,20). The molecule has 0 unspecified atom stereocenters. The van der Waals surface area contributed by atoms with Crippen LogP contribution in [0.2, 0.25) is 5.15 Å². The zero-order valence-corrected chi connectivity index (χ0v) is 11.2. The van der Waals surface area contributed by atoms with Crippen molar-refractivity contribution in [1.29, 1.82) is 0 Å². The van der Waals surface area contributed by atoms with E-state index in [4.69, 9.17) is 11.6 Å². The van der Waals surface area contributed by atoms with E-state index >= 15 is 0 Å². The highest BCUT2D eigenvalue weighted by Gasteiger charge is 2.06. The van der Waals surface area contributed by atoms with Crippen LogP contribution in [-0.2, 0) is 6.54 Å². The van der Waals surface area contributed by atoms with Crippen LogP contribution in [0.25, 0.3) is 10.8 Å². The smallest absolute Gasteiger partial charge is 0.159 e. The normalized spacial score (nSPS) is 10.7. The lowest BCUT2D eigenvalue weighted by Crippen LogP contribution is -2.03. The minimum absolute atomic E-state index is 0.245. The van der Waals surface area contributed by atoms with E-state index < -0.39 is 0 Å². The number of halogens is 2. The molecule has 5 heteroatoms. The number of rotatable bonds is 3. The molecule has 100 valence electrons. The summed E-state index contributed by atoms with van der Waals surface area (Å²) in [4.78, 5) is 0. The lowest BCUT2D eigenvalue weighted by Gasteiger charge is -2.08. The zero-order valence-electron chi connectivity index (χ0n) is 10.5. The summed E-state index contributed by atoms with van der Waals surface area (Å²) in [7, 11) is 0. The Hall–Kier alpha value is -2.20. The highest BCUT2D eigenvalue weighted by atomic mass is 35.5. The van der Waals surface area contributed by atoms with Gasteiger partial charge in [0.15, 0.2) is 11.0 Å². The quantitative estimate of drug-likeness (QED) is 0.790. The van der Waals surface area contributed by atoms with Gasteiger partial charge in [-0.25, -0.2) is 4.39 Å². The minimum atomic E-state index is -0.245. The summed E-state index contributed by atoms with van der Waals surface area (Å²) in [5, 5.41) is 13.3. The second-order valence-corrected chi connectivity index (χ2v) is 4.72. The maximum Gasteiger partial charge on any atom is 0.159 e. The van der Waals surface area contributed by atoms with E-state index in [1.54, 1.807) is 12.1 Å². The molecular weight excluding hydrogens is 277 g/mol. The van der Waals surface area contributed by atoms with E-state index in [-0.39, 0.29) is 5.82 Å². The third kappa shape index (κ3) is 2.56. The van der Waals surface area contributed by atoms with Crippen molar-refractivity contribution in [3.8, 4) is 0 Å². The molecule has 0 bridgehead atoms. The summed E-state index contributed by atoms with van der Waals surface area (Å²) >= 11 is 6.02. The third-order valence-electron chi connectivity index (χ3n) is 3.02. The molecule has 0 aliphatic carbocycles. The maximum atomic E-state index is 12.8. The molecule has 3 nitrogen and oxygen atoms in total. The molecule has 0 saturated carbocycles. The Bertz CT molecular complexity index is 744. The lowest BCUT2D eigenvalue weighted by molar-refractivity contribution is 0.627. The molecule has 0 amide bonds. The average molecular weight is 288 g/mol. The maximum absolute atomic E-state index is 12.8. The fourth-order valence-corrected chi connectivity index (χ4v) is 2.19. The molecule has 0 fully saturated rings. The number of fused-ring (bicyclic) bond motifs is 1. The van der Waals surface area contributed by atoms with Crippen LogP contribution in [0.5, 0.6) is 0 Å². The van der Waals surface area contributed by atoms with Gasteiger partial charge in [-0.05, 0) is 17.7 Å². The number of nitrogens with one attached hydrogen (secondary N) is 1. The summed E-state index contributed by atoms with van der Waals surface area (Å²) in [6.45, 7) is 0.542. The SMILES string of the molecule is Fc1ccc(CNc2nnc(Cl)c3ccccc23)cc1. The molecule has 0 spiro atoms. The fraction of sp³-hybridized carbons (Fsp3) is 0.0667. The van der Waals surface area contributed by atoms with E-state index in [9.17, 15) is 4.39 Å². The molecule has 1 N–H and O–H groups in total. The molecule has 20 heavy (non-hydrogen) atoms. The first-order chi connectivity index (χ1) is 9.74. The predicted octanol–water partition coefficient (Wildman–Crippen LogP) is 4.03. The van der Waals surface area contributed by atoms with Crippen LogP contribution in [-0.4, -0.2) is 10.2 Å². The van der Waals surface area contributed by atoms with E-state index in [1.807, 2.05) is 24.3 Å². The van der Waals surface area contributed by atoms with Crippen molar-refractivity contribution in [2.75, 3.05) is 5.32 Å². The second-order valence-electron chi connectivity index (χ2n) is 4.37. The average Bonchev–Trinajstić information content (AvgIpc) is 2.49. The molecule has 2 aromatic carbocycles. The first kappa shape index (κ1) is 12.8. The first-order valence-corrected chi connectivity index (χ1v) is 6.51. The molecular formula is C15H11ClFN3. The Morgan fingerprint density at radius 2 is 1.65 bits per heavy atom. The van der Waals surface area contributed by atoms with Crippen molar-refractivity contribution >= 4 is 28.2 Å². The number of nitrogens with zero attached hydrogens (tertiary/aromatic N) is 2. The summed E-state index contributed by atoms with van der Waals surface area (Å²) in [6, 6.07) is 14.0. The second kappa shape index (κ2) is 5.43. The summed E-state index contributed by atoms with van der Waals surface area (Å²) < 4.78 is 12.8. The molecule has 0 atom stereocenters. The molecule has 1 heterocycles. The highest BCUT2D eigenvalue weighted by molar-refractivity contribution is 6.34. The predicted molar refractivity (Wildman–Crippen MR) is 78.3 cm³/mol. The van der Waals surface area contributed by atoms with Gasteiger partial charge in [-0.15, -0.1) is 10.2 Å². The first-order valence-electron chi connectivity index (χ1n) is 6.13. The number of benzene rings is 2. The monoisotopic (exact) mass is 287 g/mol. The van der Waals surface area contributed by atoms with Gasteiger partial charge in [0.1, 0.15) is 5.82 Å². The minimum Gasteiger partial charge on any atom is -0.364 e. The Kier molecular flexibility index (Phi) is 3.48. The number of hydrogen-bond donors (Lipinski definition) is 1. The molecule has 3 rings (SSSR count). The van der Waals surface area contributed by atoms with E-state index in [0.29, 0.717) is 17.5 Å². The number of aromatic nitrogens is 2. The van der Waals surface area contributed by atoms with Gasteiger partial charge in [-0.3, -0.25) is 0 Å². The fourth-order valence-electron chi connectivity index (χ4n) is 1.99. The van der Waals surface area contributed by atoms with E-state index in [0.717, 1.165) is 16.3 Å². The number of hydrogen-bond acceptors (Lipinski definition) is 3. The van der Waals surface area contributed by atoms with Gasteiger partial charge < -0.3 is 5.32 Å². The largest absolute Gasteiger partial charge is 0.364 e. The molecule has 0 aliphatic heterocycles.